The van der Waals surface area contributed by atoms with Crippen LogP contribution >= 0.6 is 11.6 Å². The van der Waals surface area contributed by atoms with Crippen LogP contribution in [0.2, 0.25) is 5.02 Å². The third kappa shape index (κ3) is 4.79. The van der Waals surface area contributed by atoms with Crippen molar-refractivity contribution in [1.29, 1.82) is 0 Å². The van der Waals surface area contributed by atoms with Crippen molar-refractivity contribution < 1.29 is 14.3 Å². The molecule has 2 N–H and O–H groups in total. The number of halogens is 1. The van der Waals surface area contributed by atoms with E-state index in [1.165, 1.54) is 7.11 Å². The maximum atomic E-state index is 12.3. The van der Waals surface area contributed by atoms with Gasteiger partial charge in [-0.05, 0) is 17.5 Å². The number of nitrogens with one attached hydrogen (secondary N) is 2. The van der Waals surface area contributed by atoms with E-state index in [9.17, 15) is 4.79 Å². The third-order valence-electron chi connectivity index (χ3n) is 3.77. The van der Waals surface area contributed by atoms with Gasteiger partial charge in [0.2, 0.25) is 5.91 Å². The van der Waals surface area contributed by atoms with Crippen molar-refractivity contribution in [3.05, 3.63) is 47.0 Å². The molecular formula is C19H23ClN2O3. The molecule has 6 heteroatoms. The van der Waals surface area contributed by atoms with Gasteiger partial charge in [-0.25, -0.2) is 0 Å². The first-order chi connectivity index (χ1) is 12.0. The Morgan fingerprint density at radius 2 is 1.76 bits per heavy atom. The number of benzene rings is 2. The van der Waals surface area contributed by atoms with E-state index < -0.39 is 0 Å². The van der Waals surface area contributed by atoms with Crippen molar-refractivity contribution in [2.24, 2.45) is 0 Å². The number of methoxy groups -OCH3 is 2. The molecule has 0 aliphatic rings. The van der Waals surface area contributed by atoms with Crippen LogP contribution < -0.4 is 20.1 Å². The molecule has 25 heavy (non-hydrogen) atoms. The molecule has 0 fully saturated rings. The van der Waals surface area contributed by atoms with Crippen LogP contribution in [0.4, 0.5) is 11.4 Å². The van der Waals surface area contributed by atoms with Gasteiger partial charge >= 0.3 is 0 Å². The quantitative estimate of drug-likeness (QED) is 0.759. The third-order valence-corrected chi connectivity index (χ3v) is 4.07. The Hall–Kier alpha value is -2.40. The van der Waals surface area contributed by atoms with Crippen molar-refractivity contribution in [3.63, 3.8) is 0 Å². The van der Waals surface area contributed by atoms with Crippen LogP contribution in [0.15, 0.2) is 36.4 Å². The minimum atomic E-state index is -0.149. The summed E-state index contributed by atoms with van der Waals surface area (Å²) in [4.78, 5) is 12.3. The van der Waals surface area contributed by atoms with Gasteiger partial charge < -0.3 is 20.1 Å². The van der Waals surface area contributed by atoms with E-state index in [-0.39, 0.29) is 12.5 Å². The minimum Gasteiger partial charge on any atom is -0.495 e. The molecule has 0 aliphatic heterocycles. The van der Waals surface area contributed by atoms with Crippen molar-refractivity contribution in [2.45, 2.75) is 19.8 Å². The van der Waals surface area contributed by atoms with Crippen molar-refractivity contribution in [1.82, 2.24) is 0 Å². The molecule has 2 rings (SSSR count). The number of para-hydroxylation sites is 1. The molecule has 0 bridgehead atoms. The highest BCUT2D eigenvalue weighted by atomic mass is 35.5. The lowest BCUT2D eigenvalue weighted by molar-refractivity contribution is -0.114. The Balaban J connectivity index is 2.08. The second kappa shape index (κ2) is 8.62. The van der Waals surface area contributed by atoms with E-state index in [1.807, 2.05) is 24.3 Å². The predicted octanol–water partition coefficient (Wildman–Crippen LogP) is 4.53. The lowest BCUT2D eigenvalue weighted by Gasteiger charge is -2.16. The smallest absolute Gasteiger partial charge is 0.243 e. The number of ether oxygens (including phenoxy) is 2. The SMILES string of the molecule is COc1cc(NCC(=O)Nc2ccccc2C(C)C)c(OC)cc1Cl. The first-order valence-corrected chi connectivity index (χ1v) is 8.38. The maximum absolute atomic E-state index is 12.3. The highest BCUT2D eigenvalue weighted by Crippen LogP contribution is 2.35. The molecule has 0 heterocycles. The van der Waals surface area contributed by atoms with E-state index in [0.717, 1.165) is 11.3 Å². The fourth-order valence-electron chi connectivity index (χ4n) is 2.48. The first-order valence-electron chi connectivity index (χ1n) is 8.00. The zero-order valence-corrected chi connectivity index (χ0v) is 15.6. The number of hydrogen-bond donors (Lipinski definition) is 2. The zero-order valence-electron chi connectivity index (χ0n) is 14.9. The summed E-state index contributed by atoms with van der Waals surface area (Å²) in [6, 6.07) is 11.1. The molecule has 134 valence electrons. The molecule has 0 aromatic heterocycles. The Morgan fingerprint density at radius 3 is 2.40 bits per heavy atom. The molecule has 0 radical (unpaired) electrons. The average Bonchev–Trinajstić information content (AvgIpc) is 2.60. The predicted molar refractivity (Wildman–Crippen MR) is 102 cm³/mol. The maximum Gasteiger partial charge on any atom is 0.243 e. The molecule has 0 saturated heterocycles. The van der Waals surface area contributed by atoms with Gasteiger partial charge in [-0.3, -0.25) is 4.79 Å². The highest BCUT2D eigenvalue weighted by molar-refractivity contribution is 6.32. The fraction of sp³-hybridized carbons (Fsp3) is 0.316. The van der Waals surface area contributed by atoms with Crippen molar-refractivity contribution in [3.8, 4) is 11.5 Å². The fourth-order valence-corrected chi connectivity index (χ4v) is 2.71. The summed E-state index contributed by atoms with van der Waals surface area (Å²) in [5, 5.41) is 6.44. The van der Waals surface area contributed by atoms with Gasteiger partial charge in [-0.2, -0.15) is 0 Å². The Kier molecular flexibility index (Phi) is 6.53. The van der Waals surface area contributed by atoms with E-state index in [1.54, 1.807) is 19.2 Å². The molecule has 1 amide bonds. The van der Waals surface area contributed by atoms with Crippen LogP contribution in [-0.2, 0) is 4.79 Å². The summed E-state index contributed by atoms with van der Waals surface area (Å²) in [5.41, 5.74) is 2.56. The Bertz CT molecular complexity index is 747. The molecule has 0 atom stereocenters. The number of anilines is 2. The van der Waals surface area contributed by atoms with E-state index >= 15 is 0 Å². The van der Waals surface area contributed by atoms with Crippen LogP contribution in [0.1, 0.15) is 25.3 Å². The van der Waals surface area contributed by atoms with Crippen molar-refractivity contribution >= 4 is 28.9 Å². The van der Waals surface area contributed by atoms with Crippen LogP contribution in [0.25, 0.3) is 0 Å². The molecule has 0 saturated carbocycles. The standard InChI is InChI=1S/C19H23ClN2O3/c1-12(2)13-7-5-6-8-15(13)22-19(23)11-21-16-10-17(24-3)14(20)9-18(16)25-4/h5-10,12,21H,11H2,1-4H3,(H,22,23). The highest BCUT2D eigenvalue weighted by Gasteiger charge is 2.12. The monoisotopic (exact) mass is 362 g/mol. The molecule has 0 aliphatic carbocycles. The molecule has 2 aromatic rings. The van der Waals surface area contributed by atoms with Crippen LogP contribution in [0, 0.1) is 0 Å². The normalized spacial score (nSPS) is 10.5. The van der Waals surface area contributed by atoms with Gasteiger partial charge in [0.15, 0.2) is 0 Å². The Labute approximate surface area is 153 Å². The summed E-state index contributed by atoms with van der Waals surface area (Å²) < 4.78 is 10.5. The molecule has 5 nitrogen and oxygen atoms in total. The van der Waals surface area contributed by atoms with Crippen molar-refractivity contribution in [2.75, 3.05) is 31.4 Å². The van der Waals surface area contributed by atoms with Crippen LogP contribution in [-0.4, -0.2) is 26.7 Å². The number of amides is 1. The summed E-state index contributed by atoms with van der Waals surface area (Å²) in [6.07, 6.45) is 0. The molecule has 0 spiro atoms. The van der Waals surface area contributed by atoms with Gasteiger partial charge in [-0.1, -0.05) is 43.6 Å². The summed E-state index contributed by atoms with van der Waals surface area (Å²) in [7, 11) is 3.08. The topological polar surface area (TPSA) is 59.6 Å². The Morgan fingerprint density at radius 1 is 1.08 bits per heavy atom. The van der Waals surface area contributed by atoms with Gasteiger partial charge in [0.1, 0.15) is 11.5 Å². The lowest BCUT2D eigenvalue weighted by Crippen LogP contribution is -2.22. The van der Waals surface area contributed by atoms with Gasteiger partial charge in [0.05, 0.1) is 31.5 Å². The second-order valence-corrected chi connectivity index (χ2v) is 6.24. The zero-order chi connectivity index (χ0) is 18.4. The number of hydrogen-bond acceptors (Lipinski definition) is 4. The summed E-state index contributed by atoms with van der Waals surface area (Å²) in [6.45, 7) is 4.27. The largest absolute Gasteiger partial charge is 0.495 e. The van der Waals surface area contributed by atoms with Gasteiger partial charge in [0.25, 0.3) is 0 Å². The van der Waals surface area contributed by atoms with Gasteiger partial charge in [-0.15, -0.1) is 0 Å². The second-order valence-electron chi connectivity index (χ2n) is 5.83. The average molecular weight is 363 g/mol. The summed E-state index contributed by atoms with van der Waals surface area (Å²) >= 11 is 6.09. The first kappa shape index (κ1) is 18.9. The van der Waals surface area contributed by atoms with E-state index in [2.05, 4.69) is 24.5 Å². The number of rotatable bonds is 7. The molecule has 0 unspecified atom stereocenters. The number of carbonyl (C=O) groups excluding carboxylic acids is 1. The van der Waals surface area contributed by atoms with Crippen LogP contribution in [0.5, 0.6) is 11.5 Å². The molecule has 2 aromatic carbocycles. The summed E-state index contributed by atoms with van der Waals surface area (Å²) in [5.74, 6) is 1.23. The van der Waals surface area contributed by atoms with E-state index in [4.69, 9.17) is 21.1 Å². The molecular weight excluding hydrogens is 340 g/mol. The number of carbonyl (C=O) groups is 1. The van der Waals surface area contributed by atoms with Gasteiger partial charge in [0, 0.05) is 17.8 Å². The van der Waals surface area contributed by atoms with Crippen LogP contribution in [0.3, 0.4) is 0 Å². The lowest BCUT2D eigenvalue weighted by atomic mass is 10.0. The minimum absolute atomic E-state index is 0.0908. The van der Waals surface area contributed by atoms with E-state index in [0.29, 0.717) is 28.1 Å².